The van der Waals surface area contributed by atoms with E-state index >= 15 is 0 Å². The van der Waals surface area contributed by atoms with Gasteiger partial charge in [0.2, 0.25) is 41.4 Å². The van der Waals surface area contributed by atoms with Crippen molar-refractivity contribution in [3.8, 4) is 0 Å². The second-order valence-electron chi connectivity index (χ2n) is 9.63. The van der Waals surface area contributed by atoms with E-state index in [1.807, 2.05) is 27.7 Å². The summed E-state index contributed by atoms with van der Waals surface area (Å²) in [5, 5.41) is 11.6. The molecule has 0 saturated heterocycles. The molecule has 0 aromatic carbocycles. The normalized spacial score (nSPS) is 9.84. The molecule has 50 heavy (non-hydrogen) atoms. The first-order valence-electron chi connectivity index (χ1n) is 16.8. The number of ether oxygens (including phenoxy) is 4. The molecule has 0 heterocycles. The van der Waals surface area contributed by atoms with Gasteiger partial charge in [-0.1, -0.05) is 27.7 Å². The highest BCUT2D eigenvalue weighted by atomic mass is 16.6. The molecule has 0 spiro atoms. The molecule has 0 aromatic heterocycles. The quantitative estimate of drug-likeness (QED) is 0.0464. The van der Waals surface area contributed by atoms with Gasteiger partial charge in [0.15, 0.2) is 0 Å². The lowest BCUT2D eigenvalue weighted by atomic mass is 10.4. The predicted molar refractivity (Wildman–Crippen MR) is 186 cm³/mol. The number of hydrogen-bond donors (Lipinski definition) is 6. The molecular weight excluding hydrogens is 660 g/mol. The van der Waals surface area contributed by atoms with Crippen LogP contribution in [0.5, 0.6) is 0 Å². The monoisotopic (exact) mass is 722 g/mol. The van der Waals surface area contributed by atoms with Crippen molar-refractivity contribution in [1.29, 1.82) is 0 Å². The fourth-order valence-electron chi connectivity index (χ4n) is 2.96. The largest absolute Gasteiger partial charge is 0.379 e. The minimum Gasteiger partial charge on any atom is -0.379 e. The van der Waals surface area contributed by atoms with Gasteiger partial charge in [0.25, 0.3) is 0 Å². The van der Waals surface area contributed by atoms with Gasteiger partial charge in [-0.3, -0.25) is 33.6 Å². The van der Waals surface area contributed by atoms with E-state index in [9.17, 15) is 33.6 Å². The third-order valence-corrected chi connectivity index (χ3v) is 5.81. The number of carbonyl (C=O) groups excluding carboxylic acids is 7. The van der Waals surface area contributed by atoms with Gasteiger partial charge in [-0.25, -0.2) is 0 Å². The maximum atomic E-state index is 12.1. The van der Waals surface area contributed by atoms with E-state index in [0.717, 1.165) is 0 Å². The van der Waals surface area contributed by atoms with Crippen LogP contribution in [0.4, 0.5) is 0 Å². The SMILES string of the molecule is CC.CC.CC(=O)N(C)CCN(C)C(=O)CNC(=O)CNC(=O)CNC(=O)CNC(=O)CNC(=O)CCOCCOCCOCCOCCN. The van der Waals surface area contributed by atoms with E-state index in [1.54, 1.807) is 7.05 Å². The minimum atomic E-state index is -0.666. The van der Waals surface area contributed by atoms with Crippen LogP contribution >= 0.6 is 0 Å². The number of rotatable bonds is 27. The summed E-state index contributed by atoms with van der Waals surface area (Å²) in [6.45, 7) is 11.6. The molecule has 0 aliphatic rings. The summed E-state index contributed by atoms with van der Waals surface area (Å²) in [5.41, 5.74) is 5.30. The van der Waals surface area contributed by atoms with Gasteiger partial charge in [0, 0.05) is 47.1 Å². The Morgan fingerprint density at radius 2 is 0.800 bits per heavy atom. The van der Waals surface area contributed by atoms with Crippen LogP contribution in [0, 0.1) is 0 Å². The van der Waals surface area contributed by atoms with E-state index < -0.39 is 49.2 Å². The zero-order chi connectivity index (χ0) is 38.6. The number of carbonyl (C=O) groups is 7. The van der Waals surface area contributed by atoms with E-state index in [0.29, 0.717) is 52.7 Å². The fourth-order valence-corrected chi connectivity index (χ4v) is 2.96. The van der Waals surface area contributed by atoms with Crippen molar-refractivity contribution in [2.75, 3.05) is 119 Å². The lowest BCUT2D eigenvalue weighted by Gasteiger charge is -2.21. The van der Waals surface area contributed by atoms with Crippen LogP contribution in [0.1, 0.15) is 41.0 Å². The van der Waals surface area contributed by atoms with Gasteiger partial charge in [0.1, 0.15) is 0 Å². The molecule has 292 valence electrons. The Morgan fingerprint density at radius 1 is 0.480 bits per heavy atom. The highest BCUT2D eigenvalue weighted by Gasteiger charge is 2.13. The zero-order valence-electron chi connectivity index (χ0n) is 31.0. The van der Waals surface area contributed by atoms with Gasteiger partial charge in [-0.05, 0) is 0 Å². The van der Waals surface area contributed by atoms with Crippen molar-refractivity contribution < 1.29 is 52.5 Å². The first-order chi connectivity index (χ1) is 24.0. The lowest BCUT2D eigenvalue weighted by Crippen LogP contribution is -2.46. The summed E-state index contributed by atoms with van der Waals surface area (Å²) in [4.78, 5) is 85.4. The van der Waals surface area contributed by atoms with Crippen LogP contribution in [0.25, 0.3) is 0 Å². The van der Waals surface area contributed by atoms with Crippen LogP contribution in [-0.4, -0.2) is 170 Å². The highest BCUT2D eigenvalue weighted by Crippen LogP contribution is 1.89. The summed E-state index contributed by atoms with van der Waals surface area (Å²) in [6, 6.07) is 0. The number of amides is 7. The molecule has 0 aliphatic heterocycles. The molecule has 0 bridgehead atoms. The van der Waals surface area contributed by atoms with Crippen molar-refractivity contribution in [3.05, 3.63) is 0 Å². The Labute approximate surface area is 296 Å². The molecule has 0 fully saturated rings. The van der Waals surface area contributed by atoms with E-state index in [1.165, 1.54) is 23.8 Å². The van der Waals surface area contributed by atoms with Gasteiger partial charge in [0.05, 0.1) is 85.6 Å². The molecule has 0 unspecified atom stereocenters. The van der Waals surface area contributed by atoms with Gasteiger partial charge in [-0.2, -0.15) is 0 Å². The van der Waals surface area contributed by atoms with Crippen LogP contribution in [0.15, 0.2) is 0 Å². The predicted octanol–water partition coefficient (Wildman–Crippen LogP) is -3.03. The second kappa shape index (κ2) is 36.4. The molecule has 19 nitrogen and oxygen atoms in total. The first-order valence-corrected chi connectivity index (χ1v) is 16.8. The van der Waals surface area contributed by atoms with Crippen molar-refractivity contribution in [2.24, 2.45) is 5.73 Å². The van der Waals surface area contributed by atoms with Crippen LogP contribution < -0.4 is 32.3 Å². The molecule has 19 heteroatoms. The Kier molecular flexibility index (Phi) is 36.7. The number of nitrogens with two attached hydrogens (primary N) is 1. The fraction of sp³-hybridized carbons (Fsp3) is 0.774. The summed E-state index contributed by atoms with van der Waals surface area (Å²) in [6.07, 6.45) is 0.0280. The zero-order valence-corrected chi connectivity index (χ0v) is 31.0. The number of likely N-dealkylation sites (N-methyl/N-ethyl adjacent to an activating group) is 2. The summed E-state index contributed by atoms with van der Waals surface area (Å²) in [5.74, 6) is -3.49. The minimum absolute atomic E-state index is 0.0280. The number of nitrogens with one attached hydrogen (secondary N) is 5. The molecule has 7 N–H and O–H groups in total. The maximum absolute atomic E-state index is 12.1. The molecule has 0 saturated carbocycles. The Hall–Kier alpha value is -3.91. The van der Waals surface area contributed by atoms with Crippen LogP contribution in [-0.2, 0) is 52.5 Å². The molecule has 0 rings (SSSR count). The highest BCUT2D eigenvalue weighted by molar-refractivity contribution is 5.91. The van der Waals surface area contributed by atoms with E-state index in [-0.39, 0.29) is 51.1 Å². The maximum Gasteiger partial charge on any atom is 0.241 e. The molecular formula is C31H62N8O11. The molecule has 0 atom stereocenters. The van der Waals surface area contributed by atoms with Crippen molar-refractivity contribution in [1.82, 2.24) is 36.4 Å². The Bertz CT molecular complexity index is 958. The Morgan fingerprint density at radius 3 is 1.18 bits per heavy atom. The first kappa shape index (κ1) is 50.5. The molecule has 0 aliphatic carbocycles. The van der Waals surface area contributed by atoms with E-state index in [4.69, 9.17) is 24.7 Å². The molecule has 0 radical (unpaired) electrons. The molecule has 0 aromatic rings. The number of hydrogen-bond acceptors (Lipinski definition) is 12. The van der Waals surface area contributed by atoms with Crippen LogP contribution in [0.3, 0.4) is 0 Å². The topological polar surface area (TPSA) is 249 Å². The van der Waals surface area contributed by atoms with Crippen molar-refractivity contribution in [3.63, 3.8) is 0 Å². The summed E-state index contributed by atoms with van der Waals surface area (Å²) < 4.78 is 21.1. The van der Waals surface area contributed by atoms with E-state index in [2.05, 4.69) is 26.6 Å². The summed E-state index contributed by atoms with van der Waals surface area (Å²) >= 11 is 0. The third kappa shape index (κ3) is 34.0. The standard InChI is InChI=1S/C27H50N8O11.2C2H6/c1-21(36)34(2)6-7-35(3)27(42)20-33-26(41)19-32-25(40)18-31-24(39)17-30-23(38)16-29-22(37)4-8-43-10-12-45-14-15-46-13-11-44-9-5-28;2*1-2/h4-20,28H2,1-3H3,(H,29,37)(H,30,38)(H,31,39)(H,32,40)(H,33,41);2*1-2H3. The van der Waals surface area contributed by atoms with Gasteiger partial charge in [-0.15, -0.1) is 0 Å². The second-order valence-corrected chi connectivity index (χ2v) is 9.63. The molecule has 7 amide bonds. The smallest absolute Gasteiger partial charge is 0.241 e. The summed E-state index contributed by atoms with van der Waals surface area (Å²) in [7, 11) is 3.14. The average Bonchev–Trinajstić information content (AvgIpc) is 3.12. The van der Waals surface area contributed by atoms with Crippen LogP contribution in [0.2, 0.25) is 0 Å². The lowest BCUT2D eigenvalue weighted by molar-refractivity contribution is -0.133. The third-order valence-electron chi connectivity index (χ3n) is 5.81. The van der Waals surface area contributed by atoms with Gasteiger partial charge >= 0.3 is 0 Å². The van der Waals surface area contributed by atoms with Crippen molar-refractivity contribution in [2.45, 2.75) is 41.0 Å². The van der Waals surface area contributed by atoms with Gasteiger partial charge < -0.3 is 61.1 Å². The van der Waals surface area contributed by atoms with Crippen molar-refractivity contribution >= 4 is 41.4 Å². The Balaban J connectivity index is -0.00000531. The average molecular weight is 723 g/mol. The number of nitrogens with zero attached hydrogens (tertiary/aromatic N) is 2.